The summed E-state index contributed by atoms with van der Waals surface area (Å²) in [6.45, 7) is 2.29. The quantitative estimate of drug-likeness (QED) is 0.467. The minimum Gasteiger partial charge on any atom is -0.443 e. The molecule has 2 aliphatic rings. The zero-order chi connectivity index (χ0) is 23.8. The second-order valence-corrected chi connectivity index (χ2v) is 10.2. The molecule has 0 radical (unpaired) electrons. The third kappa shape index (κ3) is 4.96. The summed E-state index contributed by atoms with van der Waals surface area (Å²) in [5.74, 6) is -0.720. The van der Waals surface area contributed by atoms with E-state index in [2.05, 4.69) is 0 Å². The number of carbonyl (C=O) groups excluding carboxylic acids is 1. The molecule has 2 aliphatic heterocycles. The van der Waals surface area contributed by atoms with Crippen molar-refractivity contribution in [1.29, 1.82) is 5.41 Å². The van der Waals surface area contributed by atoms with Gasteiger partial charge in [0.15, 0.2) is 0 Å². The highest BCUT2D eigenvalue weighted by atomic mass is 35.5. The number of amides is 1. The van der Waals surface area contributed by atoms with Crippen molar-refractivity contribution in [3.8, 4) is 0 Å². The number of amidine groups is 1. The van der Waals surface area contributed by atoms with E-state index >= 15 is 0 Å². The first-order valence-corrected chi connectivity index (χ1v) is 12.1. The summed E-state index contributed by atoms with van der Waals surface area (Å²) in [7, 11) is -3.78. The minimum atomic E-state index is -3.78. The SMILES string of the molecule is N=C(N)c1ccc(N2CC(CN3CCN(S(=O)(=O)c4ccc(F)c(Cl)c4)CC3)OC2=O)cc1. The average molecular weight is 496 g/mol. The molecule has 176 valence electrons. The number of halogens is 2. The van der Waals surface area contributed by atoms with E-state index in [0.717, 1.165) is 12.1 Å². The summed E-state index contributed by atoms with van der Waals surface area (Å²) in [6, 6.07) is 10.1. The first-order valence-electron chi connectivity index (χ1n) is 10.3. The van der Waals surface area contributed by atoms with Crippen molar-refractivity contribution in [3.63, 3.8) is 0 Å². The van der Waals surface area contributed by atoms with Gasteiger partial charge in [0.2, 0.25) is 10.0 Å². The van der Waals surface area contributed by atoms with E-state index in [-0.39, 0.29) is 34.9 Å². The topological polar surface area (TPSA) is 120 Å². The highest BCUT2D eigenvalue weighted by Gasteiger charge is 2.35. The highest BCUT2D eigenvalue weighted by Crippen LogP contribution is 2.25. The van der Waals surface area contributed by atoms with Gasteiger partial charge in [-0.2, -0.15) is 4.31 Å². The monoisotopic (exact) mass is 495 g/mol. The third-order valence-corrected chi connectivity index (χ3v) is 7.87. The second-order valence-electron chi connectivity index (χ2n) is 7.86. The molecule has 0 spiro atoms. The van der Waals surface area contributed by atoms with Crippen LogP contribution in [0.2, 0.25) is 5.02 Å². The van der Waals surface area contributed by atoms with E-state index < -0.39 is 21.9 Å². The van der Waals surface area contributed by atoms with Gasteiger partial charge in [-0.3, -0.25) is 15.2 Å². The number of nitrogen functional groups attached to an aromatic ring is 1. The number of cyclic esters (lactones) is 1. The Morgan fingerprint density at radius 3 is 2.42 bits per heavy atom. The van der Waals surface area contributed by atoms with Crippen LogP contribution in [0, 0.1) is 11.2 Å². The number of carbonyl (C=O) groups is 1. The Morgan fingerprint density at radius 2 is 1.82 bits per heavy atom. The van der Waals surface area contributed by atoms with E-state index in [1.807, 2.05) is 4.90 Å². The molecule has 33 heavy (non-hydrogen) atoms. The molecule has 9 nitrogen and oxygen atoms in total. The molecule has 0 saturated carbocycles. The lowest BCUT2D eigenvalue weighted by Gasteiger charge is -2.34. The lowest BCUT2D eigenvalue weighted by Crippen LogP contribution is -2.50. The van der Waals surface area contributed by atoms with Crippen molar-refractivity contribution in [2.45, 2.75) is 11.0 Å². The number of nitrogens with zero attached hydrogens (tertiary/aromatic N) is 3. The van der Waals surface area contributed by atoms with Crippen molar-refractivity contribution >= 4 is 39.2 Å². The molecule has 1 atom stereocenters. The fourth-order valence-corrected chi connectivity index (χ4v) is 5.57. The molecule has 2 heterocycles. The molecule has 12 heteroatoms. The summed E-state index contributed by atoms with van der Waals surface area (Å²) in [4.78, 5) is 15.9. The van der Waals surface area contributed by atoms with E-state index in [4.69, 9.17) is 27.5 Å². The second kappa shape index (κ2) is 9.26. The predicted molar refractivity (Wildman–Crippen MR) is 122 cm³/mol. The molecule has 1 unspecified atom stereocenters. The Labute approximate surface area is 196 Å². The van der Waals surface area contributed by atoms with Gasteiger partial charge >= 0.3 is 6.09 Å². The normalized spacial score (nSPS) is 20.1. The fraction of sp³-hybridized carbons (Fsp3) is 0.333. The number of ether oxygens (including phenoxy) is 1. The summed E-state index contributed by atoms with van der Waals surface area (Å²) in [5, 5.41) is 7.22. The van der Waals surface area contributed by atoms with E-state index in [9.17, 15) is 17.6 Å². The van der Waals surface area contributed by atoms with Gasteiger partial charge in [0.05, 0.1) is 16.5 Å². The van der Waals surface area contributed by atoms with Crippen LogP contribution in [0.25, 0.3) is 0 Å². The molecular formula is C21H23ClFN5O4S. The number of benzene rings is 2. The number of anilines is 1. The summed E-state index contributed by atoms with van der Waals surface area (Å²) < 4.78 is 45.9. The maximum absolute atomic E-state index is 13.4. The molecule has 1 amide bonds. The molecule has 0 bridgehead atoms. The van der Waals surface area contributed by atoms with E-state index in [1.54, 1.807) is 24.3 Å². The van der Waals surface area contributed by atoms with Crippen molar-refractivity contribution in [2.24, 2.45) is 5.73 Å². The maximum atomic E-state index is 13.4. The van der Waals surface area contributed by atoms with Gasteiger partial charge in [0.25, 0.3) is 0 Å². The smallest absolute Gasteiger partial charge is 0.414 e. The van der Waals surface area contributed by atoms with Gasteiger partial charge in [-0.15, -0.1) is 0 Å². The molecule has 4 rings (SSSR count). The standard InChI is InChI=1S/C21H23ClFN5O4S/c22-18-11-17(5-6-19(18)23)33(30,31)27-9-7-26(8-10-27)12-16-13-28(21(29)32-16)15-3-1-14(2-4-15)20(24)25/h1-6,11,16H,7-10,12-13H2,(H3,24,25). The van der Waals surface area contributed by atoms with Crippen LogP contribution in [0.1, 0.15) is 5.56 Å². The molecule has 2 aromatic rings. The first-order chi connectivity index (χ1) is 15.6. The van der Waals surface area contributed by atoms with Gasteiger partial charge in [-0.05, 0) is 42.5 Å². The number of rotatable bonds is 6. The Kier molecular flexibility index (Phi) is 6.57. The number of hydrogen-bond acceptors (Lipinski definition) is 6. The van der Waals surface area contributed by atoms with Crippen LogP contribution >= 0.6 is 11.6 Å². The van der Waals surface area contributed by atoms with Crippen molar-refractivity contribution in [1.82, 2.24) is 9.21 Å². The first kappa shape index (κ1) is 23.4. The summed E-state index contributed by atoms with van der Waals surface area (Å²) >= 11 is 5.74. The molecule has 2 saturated heterocycles. The van der Waals surface area contributed by atoms with Crippen LogP contribution in [-0.4, -0.2) is 74.9 Å². The number of piperazine rings is 1. The average Bonchev–Trinajstić information content (AvgIpc) is 3.15. The highest BCUT2D eigenvalue weighted by molar-refractivity contribution is 7.89. The molecule has 0 aromatic heterocycles. The van der Waals surface area contributed by atoms with Crippen molar-refractivity contribution in [2.75, 3.05) is 44.2 Å². The predicted octanol–water partition coefficient (Wildman–Crippen LogP) is 2.09. The van der Waals surface area contributed by atoms with E-state index in [0.29, 0.717) is 37.4 Å². The van der Waals surface area contributed by atoms with Crippen LogP contribution in [-0.2, 0) is 14.8 Å². The lowest BCUT2D eigenvalue weighted by atomic mass is 10.2. The molecule has 2 aromatic carbocycles. The van der Waals surface area contributed by atoms with Crippen LogP contribution in [0.3, 0.4) is 0 Å². The largest absolute Gasteiger partial charge is 0.443 e. The van der Waals surface area contributed by atoms with Crippen molar-refractivity contribution < 1.29 is 22.3 Å². The maximum Gasteiger partial charge on any atom is 0.414 e. The van der Waals surface area contributed by atoms with Crippen LogP contribution in [0.5, 0.6) is 0 Å². The number of nitrogens with one attached hydrogen (secondary N) is 1. The fourth-order valence-electron chi connectivity index (χ4n) is 3.88. The Hall–Kier alpha value is -2.73. The lowest BCUT2D eigenvalue weighted by molar-refractivity contribution is 0.0937. The van der Waals surface area contributed by atoms with E-state index in [1.165, 1.54) is 15.3 Å². The van der Waals surface area contributed by atoms with Crippen LogP contribution in [0.15, 0.2) is 47.4 Å². The van der Waals surface area contributed by atoms with Crippen molar-refractivity contribution in [3.05, 3.63) is 58.9 Å². The molecule has 3 N–H and O–H groups in total. The van der Waals surface area contributed by atoms with Gasteiger partial charge in [-0.25, -0.2) is 17.6 Å². The number of nitrogens with two attached hydrogens (primary N) is 1. The molecule has 2 fully saturated rings. The zero-order valence-corrected chi connectivity index (χ0v) is 19.2. The van der Waals surface area contributed by atoms with Gasteiger partial charge in [0, 0.05) is 44.0 Å². The summed E-state index contributed by atoms with van der Waals surface area (Å²) in [5.41, 5.74) is 6.69. The zero-order valence-electron chi connectivity index (χ0n) is 17.6. The Bertz CT molecular complexity index is 1170. The molecule has 0 aliphatic carbocycles. The Morgan fingerprint density at radius 1 is 1.15 bits per heavy atom. The van der Waals surface area contributed by atoms with Gasteiger partial charge in [-0.1, -0.05) is 11.6 Å². The van der Waals surface area contributed by atoms with Gasteiger partial charge < -0.3 is 10.5 Å². The van der Waals surface area contributed by atoms with Crippen LogP contribution < -0.4 is 10.6 Å². The van der Waals surface area contributed by atoms with Gasteiger partial charge in [0.1, 0.15) is 17.8 Å². The minimum absolute atomic E-state index is 0.0430. The Balaban J connectivity index is 1.33. The number of sulfonamides is 1. The van der Waals surface area contributed by atoms with Crippen LogP contribution in [0.4, 0.5) is 14.9 Å². The number of hydrogen-bond donors (Lipinski definition) is 2. The summed E-state index contributed by atoms with van der Waals surface area (Å²) in [6.07, 6.45) is -0.811. The molecular weight excluding hydrogens is 473 g/mol. The third-order valence-electron chi connectivity index (χ3n) is 5.69.